The van der Waals surface area contributed by atoms with Crippen LogP contribution in [0.25, 0.3) is 17.7 Å². The third kappa shape index (κ3) is 4.55. The largest absolute Gasteiger partial charge is 0.493 e. The summed E-state index contributed by atoms with van der Waals surface area (Å²) in [4.78, 5) is 24.9. The lowest BCUT2D eigenvalue weighted by Gasteiger charge is -2.07. The van der Waals surface area contributed by atoms with Crippen molar-refractivity contribution in [2.24, 2.45) is 0 Å². The molecule has 2 heterocycles. The monoisotopic (exact) mass is 424 g/mol. The molecule has 0 radical (unpaired) electrons. The Morgan fingerprint density at radius 2 is 2.06 bits per heavy atom. The van der Waals surface area contributed by atoms with Crippen LogP contribution in [-0.2, 0) is 11.3 Å². The Morgan fingerprint density at radius 1 is 1.26 bits per heavy atom. The van der Waals surface area contributed by atoms with E-state index in [4.69, 9.17) is 13.9 Å². The van der Waals surface area contributed by atoms with Crippen LogP contribution in [-0.4, -0.2) is 41.0 Å². The van der Waals surface area contributed by atoms with E-state index in [-0.39, 0.29) is 30.7 Å². The Kier molecular flexibility index (Phi) is 5.92. The molecule has 1 aliphatic carbocycles. The van der Waals surface area contributed by atoms with Gasteiger partial charge in [-0.15, -0.1) is 5.10 Å². The van der Waals surface area contributed by atoms with Crippen LogP contribution in [0.2, 0.25) is 0 Å². The maximum Gasteiger partial charge on any atom is 0.346 e. The summed E-state index contributed by atoms with van der Waals surface area (Å²) in [5, 5.41) is 7.19. The second-order valence-electron chi connectivity index (χ2n) is 7.15. The molecule has 1 aliphatic rings. The number of benzene rings is 1. The highest BCUT2D eigenvalue weighted by molar-refractivity contribution is 5.91. The van der Waals surface area contributed by atoms with Crippen molar-refractivity contribution in [1.29, 1.82) is 0 Å². The highest BCUT2D eigenvalue weighted by Crippen LogP contribution is 2.36. The SMILES string of the molecule is COc1ccc(/C=C/C(=O)NCCn2nc(-c3ccco3)n(C3CC3)c2=O)cc1OC. The van der Waals surface area contributed by atoms with E-state index in [0.717, 1.165) is 18.4 Å². The minimum Gasteiger partial charge on any atom is -0.493 e. The second kappa shape index (κ2) is 8.95. The maximum atomic E-state index is 12.7. The van der Waals surface area contributed by atoms with Crippen LogP contribution in [0, 0.1) is 0 Å². The Morgan fingerprint density at radius 3 is 2.74 bits per heavy atom. The van der Waals surface area contributed by atoms with Gasteiger partial charge in [-0.2, -0.15) is 0 Å². The zero-order chi connectivity index (χ0) is 21.8. The molecule has 9 heteroatoms. The van der Waals surface area contributed by atoms with Gasteiger partial charge in [0.1, 0.15) is 0 Å². The maximum absolute atomic E-state index is 12.7. The molecule has 31 heavy (non-hydrogen) atoms. The lowest BCUT2D eigenvalue weighted by atomic mass is 10.2. The zero-order valence-corrected chi connectivity index (χ0v) is 17.4. The molecule has 162 valence electrons. The number of furan rings is 1. The predicted octanol–water partition coefficient (Wildman–Crippen LogP) is 2.49. The molecule has 1 N–H and O–H groups in total. The van der Waals surface area contributed by atoms with Gasteiger partial charge in [0.25, 0.3) is 0 Å². The number of nitrogens with zero attached hydrogens (tertiary/aromatic N) is 3. The Hall–Kier alpha value is -3.75. The molecule has 1 fully saturated rings. The van der Waals surface area contributed by atoms with Crippen molar-refractivity contribution in [2.75, 3.05) is 20.8 Å². The van der Waals surface area contributed by atoms with Gasteiger partial charge in [-0.1, -0.05) is 6.07 Å². The molecule has 1 aromatic carbocycles. The minimum atomic E-state index is -0.268. The molecule has 3 aromatic rings. The number of aromatic nitrogens is 3. The highest BCUT2D eigenvalue weighted by atomic mass is 16.5. The smallest absolute Gasteiger partial charge is 0.346 e. The van der Waals surface area contributed by atoms with E-state index < -0.39 is 0 Å². The quantitative estimate of drug-likeness (QED) is 0.530. The summed E-state index contributed by atoms with van der Waals surface area (Å²) in [6.45, 7) is 0.538. The van der Waals surface area contributed by atoms with Gasteiger partial charge in [-0.3, -0.25) is 9.36 Å². The van der Waals surface area contributed by atoms with Gasteiger partial charge in [-0.25, -0.2) is 9.48 Å². The summed E-state index contributed by atoms with van der Waals surface area (Å²) in [6.07, 6.45) is 6.58. The summed E-state index contributed by atoms with van der Waals surface area (Å²) in [6, 6.07) is 9.09. The van der Waals surface area contributed by atoms with Crippen LogP contribution >= 0.6 is 0 Å². The third-order valence-corrected chi connectivity index (χ3v) is 4.98. The van der Waals surface area contributed by atoms with Crippen LogP contribution in [0.1, 0.15) is 24.4 Å². The summed E-state index contributed by atoms with van der Waals surface area (Å²) < 4.78 is 18.9. The van der Waals surface area contributed by atoms with E-state index in [0.29, 0.717) is 23.1 Å². The molecule has 0 aliphatic heterocycles. The molecule has 0 bridgehead atoms. The second-order valence-corrected chi connectivity index (χ2v) is 7.15. The molecule has 9 nitrogen and oxygen atoms in total. The molecule has 0 unspecified atom stereocenters. The Balaban J connectivity index is 1.37. The predicted molar refractivity (Wildman–Crippen MR) is 114 cm³/mol. The number of ether oxygens (including phenoxy) is 2. The van der Waals surface area contributed by atoms with Crippen molar-refractivity contribution in [3.05, 3.63) is 58.7 Å². The first kappa shape index (κ1) is 20.5. The highest BCUT2D eigenvalue weighted by Gasteiger charge is 2.31. The van der Waals surface area contributed by atoms with Crippen LogP contribution < -0.4 is 20.5 Å². The van der Waals surface area contributed by atoms with Crippen molar-refractivity contribution in [3.63, 3.8) is 0 Å². The van der Waals surface area contributed by atoms with Gasteiger partial charge >= 0.3 is 5.69 Å². The molecule has 1 amide bonds. The van der Waals surface area contributed by atoms with Gasteiger partial charge < -0.3 is 19.2 Å². The third-order valence-electron chi connectivity index (χ3n) is 4.98. The van der Waals surface area contributed by atoms with Gasteiger partial charge in [0.05, 0.1) is 27.0 Å². The van der Waals surface area contributed by atoms with Gasteiger partial charge in [0.2, 0.25) is 11.7 Å². The molecule has 0 saturated heterocycles. The van der Waals surface area contributed by atoms with Gasteiger partial charge in [0, 0.05) is 18.7 Å². The first-order valence-corrected chi connectivity index (χ1v) is 10.0. The van der Waals surface area contributed by atoms with Crippen molar-refractivity contribution in [1.82, 2.24) is 19.7 Å². The molecule has 4 rings (SSSR count). The average Bonchev–Trinajstić information content (AvgIpc) is 3.36. The normalized spacial score (nSPS) is 13.5. The molecular weight excluding hydrogens is 400 g/mol. The van der Waals surface area contributed by atoms with E-state index in [1.165, 1.54) is 10.8 Å². The number of rotatable bonds is 9. The fourth-order valence-corrected chi connectivity index (χ4v) is 3.27. The lowest BCUT2D eigenvalue weighted by molar-refractivity contribution is -0.116. The zero-order valence-electron chi connectivity index (χ0n) is 17.4. The average molecular weight is 424 g/mol. The Labute approximate surface area is 178 Å². The van der Waals surface area contributed by atoms with E-state index >= 15 is 0 Å². The van der Waals surface area contributed by atoms with Crippen LogP contribution in [0.3, 0.4) is 0 Å². The van der Waals surface area contributed by atoms with E-state index in [1.54, 1.807) is 55.4 Å². The number of amides is 1. The number of hydrogen-bond acceptors (Lipinski definition) is 6. The number of methoxy groups -OCH3 is 2. The van der Waals surface area contributed by atoms with E-state index in [9.17, 15) is 9.59 Å². The summed E-state index contributed by atoms with van der Waals surface area (Å²) >= 11 is 0. The Bertz CT molecular complexity index is 1140. The minimum absolute atomic E-state index is 0.167. The topological polar surface area (TPSA) is 101 Å². The van der Waals surface area contributed by atoms with E-state index in [2.05, 4.69) is 10.4 Å². The van der Waals surface area contributed by atoms with Crippen molar-refractivity contribution in [3.8, 4) is 23.1 Å². The van der Waals surface area contributed by atoms with Crippen molar-refractivity contribution < 1.29 is 18.7 Å². The molecule has 0 spiro atoms. The summed E-state index contributed by atoms with van der Waals surface area (Å²) in [5.74, 6) is 2.02. The van der Waals surface area contributed by atoms with Crippen LogP contribution in [0.4, 0.5) is 0 Å². The molecule has 2 aromatic heterocycles. The fourth-order valence-electron chi connectivity index (χ4n) is 3.27. The van der Waals surface area contributed by atoms with Gasteiger partial charge in [-0.05, 0) is 48.7 Å². The number of carbonyl (C=O) groups excluding carboxylic acids is 1. The fraction of sp³-hybridized carbons (Fsp3) is 0.318. The number of carbonyl (C=O) groups is 1. The van der Waals surface area contributed by atoms with Crippen LogP contribution in [0.15, 0.2) is 51.9 Å². The number of nitrogens with one attached hydrogen (secondary N) is 1. The van der Waals surface area contributed by atoms with Crippen molar-refractivity contribution in [2.45, 2.75) is 25.4 Å². The summed E-state index contributed by atoms with van der Waals surface area (Å²) in [7, 11) is 3.12. The van der Waals surface area contributed by atoms with E-state index in [1.807, 2.05) is 6.07 Å². The van der Waals surface area contributed by atoms with Gasteiger partial charge in [0.15, 0.2) is 17.3 Å². The molecular formula is C22H24N4O5. The standard InChI is InChI=1S/C22H24N4O5/c1-29-17-9-5-15(14-19(17)30-2)6-10-20(27)23-11-12-25-22(28)26(16-7-8-16)21(24-25)18-4-3-13-31-18/h3-6,9-10,13-14,16H,7-8,11-12H2,1-2H3,(H,23,27)/b10-6+. The number of hydrogen-bond donors (Lipinski definition) is 1. The first-order chi connectivity index (χ1) is 15.1. The molecule has 1 saturated carbocycles. The lowest BCUT2D eigenvalue weighted by Crippen LogP contribution is -2.31. The van der Waals surface area contributed by atoms with Crippen LogP contribution in [0.5, 0.6) is 11.5 Å². The molecule has 0 atom stereocenters. The van der Waals surface area contributed by atoms with Crippen molar-refractivity contribution >= 4 is 12.0 Å². The summed E-state index contributed by atoms with van der Waals surface area (Å²) in [5.41, 5.74) is 0.610. The first-order valence-electron chi connectivity index (χ1n) is 10.0.